The first-order valence-corrected chi connectivity index (χ1v) is 12.0. The molecule has 1 aromatic heterocycles. The van der Waals surface area contributed by atoms with Crippen molar-refractivity contribution < 1.29 is 40.3 Å². The van der Waals surface area contributed by atoms with Crippen molar-refractivity contribution in [2.24, 2.45) is 0 Å². The fourth-order valence-corrected chi connectivity index (χ4v) is 4.75. The second kappa shape index (κ2) is 10.5. The van der Waals surface area contributed by atoms with E-state index in [1.165, 1.54) is 12.1 Å². The maximum Gasteiger partial charge on any atom is 0.416 e. The summed E-state index contributed by atoms with van der Waals surface area (Å²) in [5.74, 6) is -4.07. The van der Waals surface area contributed by atoms with Crippen LogP contribution in [0.5, 0.6) is 0 Å². The van der Waals surface area contributed by atoms with Gasteiger partial charge in [0.2, 0.25) is 0 Å². The largest absolute Gasteiger partial charge is 0.416 e. The molecule has 0 saturated carbocycles. The smallest absolute Gasteiger partial charge is 0.341 e. The zero-order valence-corrected chi connectivity index (χ0v) is 21.3. The fourth-order valence-electron chi connectivity index (χ4n) is 4.53. The Bertz CT molecular complexity index is 1810. The van der Waals surface area contributed by atoms with Crippen LogP contribution in [0.25, 0.3) is 11.1 Å². The number of hydrogen-bond donors (Lipinski definition) is 2. The van der Waals surface area contributed by atoms with Crippen molar-refractivity contribution in [1.82, 2.24) is 15.1 Å². The average molecular weight is 608 g/mol. The molecule has 3 aromatic carbocycles. The summed E-state index contributed by atoms with van der Waals surface area (Å²) in [7, 11) is 0. The number of amides is 2. The summed E-state index contributed by atoms with van der Waals surface area (Å²) in [6.07, 6.45) is -4.15. The molecule has 5 rings (SSSR count). The van der Waals surface area contributed by atoms with Gasteiger partial charge in [-0.1, -0.05) is 11.6 Å². The van der Waals surface area contributed by atoms with E-state index in [9.17, 15) is 45.6 Å². The van der Waals surface area contributed by atoms with E-state index in [0.29, 0.717) is 12.1 Å². The number of benzene rings is 3. The van der Waals surface area contributed by atoms with E-state index in [1.807, 2.05) is 0 Å². The Hall–Kier alpha value is -4.90. The normalized spacial score (nSPS) is 14.5. The van der Waals surface area contributed by atoms with Crippen molar-refractivity contribution in [3.05, 3.63) is 105 Å². The molecule has 7 nitrogen and oxygen atoms in total. The van der Waals surface area contributed by atoms with E-state index in [1.54, 1.807) is 6.07 Å². The van der Waals surface area contributed by atoms with Gasteiger partial charge in [-0.15, -0.1) is 0 Å². The Labute approximate surface area is 236 Å². The molecule has 0 spiro atoms. The van der Waals surface area contributed by atoms with Gasteiger partial charge in [0.25, 0.3) is 11.8 Å². The Morgan fingerprint density at radius 1 is 1.07 bits per heavy atom. The molecule has 1 aliphatic rings. The minimum absolute atomic E-state index is 0.00296. The van der Waals surface area contributed by atoms with Gasteiger partial charge in [-0.2, -0.15) is 32.3 Å². The van der Waals surface area contributed by atoms with Crippen LogP contribution in [-0.4, -0.2) is 21.6 Å². The summed E-state index contributed by atoms with van der Waals surface area (Å²) in [4.78, 5) is 26.2. The Balaban J connectivity index is 1.70. The number of alkyl halides is 5. The van der Waals surface area contributed by atoms with E-state index in [0.717, 1.165) is 24.4 Å². The number of nitrogens with one attached hydrogen (secondary N) is 2. The highest BCUT2D eigenvalue weighted by atomic mass is 35.5. The first-order valence-electron chi connectivity index (χ1n) is 11.7. The second-order valence-electron chi connectivity index (χ2n) is 9.00. The van der Waals surface area contributed by atoms with Gasteiger partial charge in [0.05, 0.1) is 11.6 Å². The Morgan fingerprint density at radius 3 is 2.48 bits per heavy atom. The van der Waals surface area contributed by atoms with Crippen LogP contribution in [0.1, 0.15) is 55.7 Å². The van der Waals surface area contributed by atoms with Crippen molar-refractivity contribution in [2.45, 2.75) is 18.8 Å². The summed E-state index contributed by atoms with van der Waals surface area (Å²) >= 11 is 6.25. The number of rotatable bonds is 5. The van der Waals surface area contributed by atoms with Gasteiger partial charge in [-0.25, -0.2) is 13.5 Å². The molecule has 1 atom stereocenters. The fraction of sp³-hybridized carbons (Fsp3) is 0.111. The zero-order valence-electron chi connectivity index (χ0n) is 20.5. The number of nitriles is 1. The summed E-state index contributed by atoms with van der Waals surface area (Å²) in [6, 6.07) is 7.29. The van der Waals surface area contributed by atoms with Crippen molar-refractivity contribution in [3.63, 3.8) is 0 Å². The van der Waals surface area contributed by atoms with Crippen molar-refractivity contribution >= 4 is 29.1 Å². The SMILES string of the molecule is N#Cc1nn(C(F)F)cc1-c1cc(NC(=O)c2cc(F)cc(C(F)(F)F)c2)c2c(c1)C(=O)N[C@H]2c1cc(F)ccc1Cl. The third-order valence-electron chi connectivity index (χ3n) is 6.34. The summed E-state index contributed by atoms with van der Waals surface area (Å²) in [6.45, 7) is -3.13. The molecule has 4 aromatic rings. The van der Waals surface area contributed by atoms with Crippen LogP contribution >= 0.6 is 11.6 Å². The molecule has 0 unspecified atom stereocenters. The van der Waals surface area contributed by atoms with Crippen molar-refractivity contribution in [3.8, 4) is 17.2 Å². The van der Waals surface area contributed by atoms with E-state index in [-0.39, 0.29) is 49.3 Å². The number of fused-ring (bicyclic) bond motifs is 1. The Morgan fingerprint density at radius 2 is 1.81 bits per heavy atom. The first-order chi connectivity index (χ1) is 19.8. The monoisotopic (exact) mass is 607 g/mol. The minimum atomic E-state index is -4.98. The van der Waals surface area contributed by atoms with Gasteiger partial charge in [-0.3, -0.25) is 9.59 Å². The maximum absolute atomic E-state index is 14.1. The number of carbonyl (C=O) groups excluding carboxylic acids is 2. The van der Waals surface area contributed by atoms with E-state index >= 15 is 0 Å². The lowest BCUT2D eigenvalue weighted by molar-refractivity contribution is -0.137. The molecule has 0 saturated heterocycles. The minimum Gasteiger partial charge on any atom is -0.341 e. The third kappa shape index (κ3) is 5.26. The average Bonchev–Trinajstić information content (AvgIpc) is 3.51. The van der Waals surface area contributed by atoms with Crippen molar-refractivity contribution in [2.75, 3.05) is 5.32 Å². The Kier molecular flexibility index (Phi) is 7.15. The molecule has 1 aliphatic heterocycles. The molecule has 2 N–H and O–H groups in total. The van der Waals surface area contributed by atoms with Gasteiger partial charge < -0.3 is 10.6 Å². The molecule has 2 amide bonds. The topological polar surface area (TPSA) is 99.8 Å². The number of hydrogen-bond acceptors (Lipinski definition) is 4. The van der Waals surface area contributed by atoms with E-state index in [2.05, 4.69) is 15.7 Å². The molecule has 0 aliphatic carbocycles. The van der Waals surface area contributed by atoms with Gasteiger partial charge in [0.1, 0.15) is 17.7 Å². The second-order valence-corrected chi connectivity index (χ2v) is 9.41. The molecule has 42 heavy (non-hydrogen) atoms. The predicted octanol–water partition coefficient (Wildman–Crippen LogP) is 6.85. The molecule has 2 heterocycles. The summed E-state index contributed by atoms with van der Waals surface area (Å²) < 4.78 is 94.8. The first kappa shape index (κ1) is 28.6. The van der Waals surface area contributed by atoms with Crippen LogP contribution in [0.15, 0.2) is 54.7 Å². The lowest BCUT2D eigenvalue weighted by atomic mass is 9.92. The lowest BCUT2D eigenvalue weighted by Gasteiger charge is -2.19. The molecular formula is C27H13ClF7N5O2. The highest BCUT2D eigenvalue weighted by Gasteiger charge is 2.36. The highest BCUT2D eigenvalue weighted by molar-refractivity contribution is 6.31. The van der Waals surface area contributed by atoms with Crippen LogP contribution in [0.4, 0.5) is 36.4 Å². The quantitative estimate of drug-likeness (QED) is 0.242. The summed E-state index contributed by atoms with van der Waals surface area (Å²) in [5, 5.41) is 17.9. The van der Waals surface area contributed by atoms with Gasteiger partial charge >= 0.3 is 12.7 Å². The number of nitrogens with zero attached hydrogens (tertiary/aromatic N) is 3. The van der Waals surface area contributed by atoms with Crippen LogP contribution in [0, 0.1) is 23.0 Å². The molecule has 214 valence electrons. The summed E-state index contributed by atoms with van der Waals surface area (Å²) in [5.41, 5.74) is -3.20. The zero-order chi connectivity index (χ0) is 30.5. The number of aromatic nitrogens is 2. The van der Waals surface area contributed by atoms with E-state index in [4.69, 9.17) is 11.6 Å². The van der Waals surface area contributed by atoms with Crippen molar-refractivity contribution in [1.29, 1.82) is 5.26 Å². The van der Waals surface area contributed by atoms with Gasteiger partial charge in [-0.05, 0) is 54.1 Å². The standard InChI is InChI=1S/C27H13ClF7N5O2/c28-19-2-1-14(29)8-16(19)23-22-17(25(42)38-23)5-11(18-10-40(26(31)32)39-21(18)9-36)6-20(22)37-24(41)12-3-13(27(33,34)35)7-15(30)4-12/h1-8,10,23,26H,(H,37,41)(H,38,42)/t23-/m0/s1. The molecular weight excluding hydrogens is 595 g/mol. The van der Waals surface area contributed by atoms with Gasteiger partial charge in [0, 0.05) is 44.7 Å². The van der Waals surface area contributed by atoms with Crippen LogP contribution in [0.2, 0.25) is 5.02 Å². The van der Waals surface area contributed by atoms with Crippen LogP contribution in [0.3, 0.4) is 0 Å². The molecule has 15 heteroatoms. The molecule has 0 radical (unpaired) electrons. The number of halogens is 8. The third-order valence-corrected chi connectivity index (χ3v) is 6.69. The molecule has 0 bridgehead atoms. The molecule has 0 fully saturated rings. The highest BCUT2D eigenvalue weighted by Crippen LogP contribution is 2.42. The predicted molar refractivity (Wildman–Crippen MR) is 134 cm³/mol. The maximum atomic E-state index is 14.1. The lowest BCUT2D eigenvalue weighted by Crippen LogP contribution is -2.21. The van der Waals surface area contributed by atoms with Crippen LogP contribution in [-0.2, 0) is 6.18 Å². The number of anilines is 1. The van der Waals surface area contributed by atoms with Gasteiger partial charge in [0.15, 0.2) is 5.69 Å². The van der Waals surface area contributed by atoms with E-state index < -0.39 is 59.0 Å². The number of carbonyl (C=O) groups is 2. The van der Waals surface area contributed by atoms with Crippen LogP contribution < -0.4 is 10.6 Å².